The SMILES string of the molecule is O=C(O)CN1C(=O)/C(=C/c2c[nH]c3ccc(C(=O)O)cc23)SC1=S. The number of thiocarbonyl (C=S) groups is 1. The summed E-state index contributed by atoms with van der Waals surface area (Å²) in [4.78, 5) is 38.5. The van der Waals surface area contributed by atoms with Crippen LogP contribution < -0.4 is 0 Å². The Labute approximate surface area is 144 Å². The minimum Gasteiger partial charge on any atom is -0.480 e. The number of carboxylic acids is 2. The number of carboxylic acid groups (broad SMARTS) is 2. The lowest BCUT2D eigenvalue weighted by atomic mass is 10.1. The second-order valence-corrected chi connectivity index (χ2v) is 6.65. The Morgan fingerprint density at radius 3 is 2.75 bits per heavy atom. The lowest BCUT2D eigenvalue weighted by Gasteiger charge is -2.10. The van der Waals surface area contributed by atoms with Gasteiger partial charge >= 0.3 is 11.9 Å². The normalized spacial score (nSPS) is 16.3. The summed E-state index contributed by atoms with van der Waals surface area (Å²) in [6.45, 7) is -0.487. The fourth-order valence-electron chi connectivity index (χ4n) is 2.31. The lowest BCUT2D eigenvalue weighted by molar-refractivity contribution is -0.140. The third-order valence-electron chi connectivity index (χ3n) is 3.41. The highest BCUT2D eigenvalue weighted by Crippen LogP contribution is 2.33. The minimum atomic E-state index is -1.15. The summed E-state index contributed by atoms with van der Waals surface area (Å²) in [7, 11) is 0. The molecule has 0 bridgehead atoms. The van der Waals surface area contributed by atoms with Crippen molar-refractivity contribution < 1.29 is 24.6 Å². The first-order chi connectivity index (χ1) is 11.4. The van der Waals surface area contributed by atoms with E-state index in [0.29, 0.717) is 15.9 Å². The minimum absolute atomic E-state index is 0.134. The Morgan fingerprint density at radius 2 is 2.08 bits per heavy atom. The van der Waals surface area contributed by atoms with Crippen LogP contribution in [-0.2, 0) is 9.59 Å². The number of carbonyl (C=O) groups is 3. The predicted octanol–water partition coefficient (Wildman–Crippen LogP) is 2.15. The Hall–Kier alpha value is -2.65. The maximum Gasteiger partial charge on any atom is 0.335 e. The highest BCUT2D eigenvalue weighted by Gasteiger charge is 2.33. The lowest BCUT2D eigenvalue weighted by Crippen LogP contribution is -2.33. The Bertz CT molecular complexity index is 931. The molecule has 0 saturated carbocycles. The second-order valence-electron chi connectivity index (χ2n) is 4.97. The number of thioether (sulfide) groups is 1. The van der Waals surface area contributed by atoms with Gasteiger partial charge in [-0.3, -0.25) is 14.5 Å². The average molecular weight is 362 g/mol. The van der Waals surface area contributed by atoms with Crippen molar-refractivity contribution in [3.05, 3.63) is 40.4 Å². The van der Waals surface area contributed by atoms with Gasteiger partial charge in [0.25, 0.3) is 5.91 Å². The fraction of sp³-hybridized carbons (Fsp3) is 0.0667. The Balaban J connectivity index is 2.00. The molecule has 1 aliphatic rings. The molecular weight excluding hydrogens is 352 g/mol. The van der Waals surface area contributed by atoms with Gasteiger partial charge in [-0.15, -0.1) is 0 Å². The maximum atomic E-state index is 12.3. The Morgan fingerprint density at radius 1 is 1.33 bits per heavy atom. The molecular formula is C15H10N2O5S2. The van der Waals surface area contributed by atoms with Gasteiger partial charge in [0.05, 0.1) is 10.5 Å². The van der Waals surface area contributed by atoms with E-state index in [2.05, 4.69) is 4.98 Å². The van der Waals surface area contributed by atoms with Crippen LogP contribution in [0.3, 0.4) is 0 Å². The van der Waals surface area contributed by atoms with E-state index < -0.39 is 24.4 Å². The van der Waals surface area contributed by atoms with Crippen molar-refractivity contribution in [2.75, 3.05) is 6.54 Å². The van der Waals surface area contributed by atoms with Crippen LogP contribution in [0.5, 0.6) is 0 Å². The van der Waals surface area contributed by atoms with Gasteiger partial charge in [-0.2, -0.15) is 0 Å². The molecule has 7 nitrogen and oxygen atoms in total. The van der Waals surface area contributed by atoms with Crippen molar-refractivity contribution in [1.82, 2.24) is 9.88 Å². The molecule has 2 aromatic rings. The molecule has 0 radical (unpaired) electrons. The van der Waals surface area contributed by atoms with E-state index in [0.717, 1.165) is 22.2 Å². The van der Waals surface area contributed by atoms with Crippen LogP contribution in [0, 0.1) is 0 Å². The van der Waals surface area contributed by atoms with Crippen molar-refractivity contribution in [2.45, 2.75) is 0 Å². The van der Waals surface area contributed by atoms with E-state index in [1.54, 1.807) is 18.3 Å². The predicted molar refractivity (Wildman–Crippen MR) is 92.8 cm³/mol. The molecule has 3 N–H and O–H groups in total. The van der Waals surface area contributed by atoms with Crippen LogP contribution >= 0.6 is 24.0 Å². The number of benzene rings is 1. The number of aromatic amines is 1. The molecule has 24 heavy (non-hydrogen) atoms. The summed E-state index contributed by atoms with van der Waals surface area (Å²) in [5, 5.41) is 18.6. The van der Waals surface area contributed by atoms with Crippen LogP contribution in [0.2, 0.25) is 0 Å². The summed E-state index contributed by atoms with van der Waals surface area (Å²) < 4.78 is 0.180. The number of hydrogen-bond donors (Lipinski definition) is 3. The van der Waals surface area contributed by atoms with E-state index >= 15 is 0 Å². The van der Waals surface area contributed by atoms with Crippen molar-refractivity contribution in [2.24, 2.45) is 0 Å². The van der Waals surface area contributed by atoms with Gasteiger partial charge in [0, 0.05) is 22.7 Å². The number of rotatable bonds is 4. The molecule has 1 saturated heterocycles. The average Bonchev–Trinajstić information content (AvgIpc) is 3.03. The topological polar surface area (TPSA) is 111 Å². The highest BCUT2D eigenvalue weighted by atomic mass is 32.2. The number of aromatic carboxylic acids is 1. The number of nitrogens with one attached hydrogen (secondary N) is 1. The van der Waals surface area contributed by atoms with Crippen molar-refractivity contribution in [3.8, 4) is 0 Å². The summed E-state index contributed by atoms with van der Waals surface area (Å²) in [5.74, 6) is -2.67. The third kappa shape index (κ3) is 2.91. The fourth-order valence-corrected chi connectivity index (χ4v) is 3.55. The summed E-state index contributed by atoms with van der Waals surface area (Å²) >= 11 is 6.05. The van der Waals surface area contributed by atoms with E-state index in [4.69, 9.17) is 22.4 Å². The molecule has 1 amide bonds. The van der Waals surface area contributed by atoms with Crippen molar-refractivity contribution in [3.63, 3.8) is 0 Å². The van der Waals surface area contributed by atoms with E-state index in [9.17, 15) is 14.4 Å². The van der Waals surface area contributed by atoms with Gasteiger partial charge in [-0.1, -0.05) is 24.0 Å². The molecule has 1 aliphatic heterocycles. The summed E-state index contributed by atoms with van der Waals surface area (Å²) in [6.07, 6.45) is 3.23. The number of H-pyrrole nitrogens is 1. The molecule has 122 valence electrons. The molecule has 1 fully saturated rings. The summed E-state index contributed by atoms with van der Waals surface area (Å²) in [6, 6.07) is 4.64. The highest BCUT2D eigenvalue weighted by molar-refractivity contribution is 8.26. The first-order valence-electron chi connectivity index (χ1n) is 6.68. The van der Waals surface area contributed by atoms with Crippen molar-refractivity contribution in [1.29, 1.82) is 0 Å². The molecule has 0 unspecified atom stereocenters. The van der Waals surface area contributed by atoms with E-state index in [1.165, 1.54) is 12.1 Å². The quantitative estimate of drug-likeness (QED) is 0.564. The van der Waals surface area contributed by atoms with Gasteiger partial charge in [0.2, 0.25) is 0 Å². The second kappa shape index (κ2) is 6.10. The molecule has 0 aliphatic carbocycles. The van der Waals surface area contributed by atoms with Gasteiger partial charge in [0.1, 0.15) is 10.9 Å². The zero-order valence-electron chi connectivity index (χ0n) is 12.0. The number of nitrogens with zero attached hydrogens (tertiary/aromatic N) is 1. The number of fused-ring (bicyclic) bond motifs is 1. The molecule has 3 rings (SSSR count). The molecule has 2 heterocycles. The number of aromatic nitrogens is 1. The van der Waals surface area contributed by atoms with E-state index in [-0.39, 0.29) is 9.88 Å². The van der Waals surface area contributed by atoms with Crippen LogP contribution in [0.15, 0.2) is 29.3 Å². The smallest absolute Gasteiger partial charge is 0.335 e. The van der Waals surface area contributed by atoms with Gasteiger partial charge in [-0.25, -0.2) is 4.79 Å². The maximum absolute atomic E-state index is 12.3. The van der Waals surface area contributed by atoms with Crippen LogP contribution in [0.4, 0.5) is 0 Å². The monoisotopic (exact) mass is 362 g/mol. The largest absolute Gasteiger partial charge is 0.480 e. The standard InChI is InChI=1S/C15H10N2O5S2/c18-12(19)6-17-13(20)11(24-15(17)23)4-8-5-16-10-2-1-7(14(21)22)3-9(8)10/h1-5,16H,6H2,(H,18,19)(H,21,22)/b11-4-. The Kier molecular flexibility index (Phi) is 4.12. The molecule has 0 atom stereocenters. The first kappa shape index (κ1) is 16.2. The van der Waals surface area contributed by atoms with Gasteiger partial charge in [0.15, 0.2) is 0 Å². The number of aliphatic carboxylic acids is 1. The molecule has 1 aromatic heterocycles. The van der Waals surface area contributed by atoms with Crippen molar-refractivity contribution >= 4 is 63.1 Å². The zero-order chi connectivity index (χ0) is 17.4. The van der Waals surface area contributed by atoms with Gasteiger partial charge in [-0.05, 0) is 24.3 Å². The molecule has 9 heteroatoms. The number of carbonyl (C=O) groups excluding carboxylic acids is 1. The molecule has 0 spiro atoms. The summed E-state index contributed by atoms with van der Waals surface area (Å²) in [5.41, 5.74) is 1.49. The number of hydrogen-bond acceptors (Lipinski definition) is 5. The van der Waals surface area contributed by atoms with Crippen LogP contribution in [0.1, 0.15) is 15.9 Å². The number of amides is 1. The van der Waals surface area contributed by atoms with Gasteiger partial charge < -0.3 is 15.2 Å². The first-order valence-corrected chi connectivity index (χ1v) is 7.91. The van der Waals surface area contributed by atoms with Crippen LogP contribution in [0.25, 0.3) is 17.0 Å². The zero-order valence-corrected chi connectivity index (χ0v) is 13.6. The molecule has 1 aromatic carbocycles. The third-order valence-corrected chi connectivity index (χ3v) is 4.79. The van der Waals surface area contributed by atoms with E-state index in [1.807, 2.05) is 0 Å². The van der Waals surface area contributed by atoms with Crippen LogP contribution in [-0.4, -0.2) is 48.8 Å².